The Morgan fingerprint density at radius 1 is 1.38 bits per heavy atom. The van der Waals surface area contributed by atoms with Crippen LogP contribution in [0.25, 0.3) is 0 Å². The van der Waals surface area contributed by atoms with Gasteiger partial charge in [-0.25, -0.2) is 4.79 Å². The van der Waals surface area contributed by atoms with Crippen LogP contribution in [0.1, 0.15) is 6.92 Å². The van der Waals surface area contributed by atoms with E-state index >= 15 is 0 Å². The smallest absolute Gasteiger partial charge is 0.340 e. The Kier molecular flexibility index (Phi) is 5.91. The Morgan fingerprint density at radius 2 is 1.92 bits per heavy atom. The van der Waals surface area contributed by atoms with Crippen molar-refractivity contribution in [1.82, 2.24) is 0 Å². The van der Waals surface area contributed by atoms with Gasteiger partial charge in [0.15, 0.2) is 0 Å². The molecule has 66 valence electrons. The molecular formula is C9H10HgO3. The number of carbonyl (C=O) groups excluding carboxylic acids is 1. The number of para-hydroxylation sites is 1. The van der Waals surface area contributed by atoms with E-state index in [1.165, 1.54) is 6.92 Å². The summed E-state index contributed by atoms with van der Waals surface area (Å²) in [6, 6.07) is 8.63. The Hall–Kier alpha value is -0.415. The number of benzene rings is 1. The van der Waals surface area contributed by atoms with Crippen molar-refractivity contribution in [3.8, 4) is 5.75 Å². The zero-order valence-corrected chi connectivity index (χ0v) is 12.9. The predicted molar refractivity (Wildman–Crippen MR) is 43.8 cm³/mol. The minimum Gasteiger partial charge on any atom is -0.425 e. The van der Waals surface area contributed by atoms with Gasteiger partial charge in [-0.2, -0.15) is 0 Å². The summed E-state index contributed by atoms with van der Waals surface area (Å²) >= 11 is 0. The first-order chi connectivity index (χ1) is 5.70. The molecule has 0 fully saturated rings. The molecule has 0 bridgehead atoms. The molecule has 4 heteroatoms. The third kappa shape index (κ3) is 4.38. The fraction of sp³-hybridized carbons (Fsp3) is 0.222. The van der Waals surface area contributed by atoms with Crippen LogP contribution in [0, 0.1) is 0 Å². The zero-order valence-electron chi connectivity index (χ0n) is 7.43. The van der Waals surface area contributed by atoms with E-state index in [1.807, 2.05) is 6.07 Å². The van der Waals surface area contributed by atoms with Gasteiger partial charge in [0.1, 0.15) is 11.9 Å². The van der Waals surface area contributed by atoms with Gasteiger partial charge in [-0.15, -0.1) is 0 Å². The van der Waals surface area contributed by atoms with Crippen molar-refractivity contribution in [2.24, 2.45) is 0 Å². The summed E-state index contributed by atoms with van der Waals surface area (Å²) in [5, 5.41) is 8.81. The molecule has 1 rings (SSSR count). The molecule has 3 nitrogen and oxygen atoms in total. The molecule has 1 aromatic carbocycles. The van der Waals surface area contributed by atoms with Crippen LogP contribution in [0.5, 0.6) is 5.75 Å². The van der Waals surface area contributed by atoms with Crippen LogP contribution in [-0.2, 0) is 32.5 Å². The molecule has 0 spiro atoms. The molecule has 0 radical (unpaired) electrons. The van der Waals surface area contributed by atoms with Crippen molar-refractivity contribution in [2.45, 2.75) is 13.0 Å². The van der Waals surface area contributed by atoms with E-state index in [0.29, 0.717) is 5.75 Å². The van der Waals surface area contributed by atoms with Gasteiger partial charge in [0.25, 0.3) is 0 Å². The fourth-order valence-corrected chi connectivity index (χ4v) is 0.690. The number of carbonyl (C=O) groups is 1. The number of aliphatic hydroxyl groups is 1. The standard InChI is InChI=1S/C9H10O3.Hg/c1-7(10)9(11)12-8-5-3-2-4-6-8;/h2-7,10H,1H3;. The number of esters is 1. The van der Waals surface area contributed by atoms with Crippen molar-refractivity contribution in [3.63, 3.8) is 0 Å². The van der Waals surface area contributed by atoms with Crippen LogP contribution < -0.4 is 4.74 Å². The summed E-state index contributed by atoms with van der Waals surface area (Å²) in [5.74, 6) is -0.190. The summed E-state index contributed by atoms with van der Waals surface area (Å²) in [6.45, 7) is 1.37. The second-order valence-corrected chi connectivity index (χ2v) is 2.41. The van der Waals surface area contributed by atoms with E-state index in [4.69, 9.17) is 9.84 Å². The minimum atomic E-state index is -1.08. The zero-order chi connectivity index (χ0) is 8.97. The molecule has 13 heavy (non-hydrogen) atoms. The summed E-state index contributed by atoms with van der Waals surface area (Å²) in [7, 11) is 0. The molecule has 0 heterocycles. The summed E-state index contributed by atoms with van der Waals surface area (Å²) in [5.41, 5.74) is 0. The first-order valence-corrected chi connectivity index (χ1v) is 3.65. The monoisotopic (exact) mass is 368 g/mol. The predicted octanol–water partition coefficient (Wildman–Crippen LogP) is 0.970. The average molecular weight is 367 g/mol. The van der Waals surface area contributed by atoms with Gasteiger partial charge in [-0.3, -0.25) is 0 Å². The minimum absolute atomic E-state index is 0. The molecule has 0 saturated carbocycles. The molecule has 1 aromatic rings. The topological polar surface area (TPSA) is 46.5 Å². The molecule has 0 aromatic heterocycles. The maximum atomic E-state index is 10.8. The fourth-order valence-electron chi connectivity index (χ4n) is 0.690. The summed E-state index contributed by atoms with van der Waals surface area (Å²) < 4.78 is 4.79. The van der Waals surface area contributed by atoms with E-state index in [1.54, 1.807) is 24.3 Å². The second kappa shape index (κ2) is 6.10. The van der Waals surface area contributed by atoms with Crippen LogP contribution in [0.2, 0.25) is 0 Å². The number of hydrogen-bond acceptors (Lipinski definition) is 3. The quantitative estimate of drug-likeness (QED) is 0.482. The van der Waals surface area contributed by atoms with Crippen LogP contribution in [-0.4, -0.2) is 17.2 Å². The third-order valence-electron chi connectivity index (χ3n) is 1.30. The number of rotatable bonds is 2. The van der Waals surface area contributed by atoms with Gasteiger partial charge in [-0.05, 0) is 19.1 Å². The van der Waals surface area contributed by atoms with Gasteiger partial charge >= 0.3 is 5.97 Å². The van der Waals surface area contributed by atoms with Crippen molar-refractivity contribution >= 4 is 5.97 Å². The van der Waals surface area contributed by atoms with Gasteiger partial charge in [0.05, 0.1) is 0 Å². The van der Waals surface area contributed by atoms with Gasteiger partial charge in [-0.1, -0.05) is 18.2 Å². The van der Waals surface area contributed by atoms with E-state index in [9.17, 15) is 4.79 Å². The molecule has 1 unspecified atom stereocenters. The van der Waals surface area contributed by atoms with Crippen molar-refractivity contribution in [1.29, 1.82) is 0 Å². The Labute approximate surface area is 97.2 Å². The number of hydrogen-bond donors (Lipinski definition) is 1. The number of ether oxygens (including phenoxy) is 1. The summed E-state index contributed by atoms with van der Waals surface area (Å²) in [6.07, 6.45) is -1.08. The largest absolute Gasteiger partial charge is 0.425 e. The molecule has 0 aliphatic carbocycles. The Morgan fingerprint density at radius 3 is 2.38 bits per heavy atom. The molecule has 0 aliphatic heterocycles. The third-order valence-corrected chi connectivity index (χ3v) is 1.30. The first kappa shape index (κ1) is 12.6. The van der Waals surface area contributed by atoms with E-state index in [2.05, 4.69) is 0 Å². The Balaban J connectivity index is 0.00000144. The molecule has 0 saturated heterocycles. The molecule has 0 amide bonds. The van der Waals surface area contributed by atoms with E-state index in [0.717, 1.165) is 0 Å². The first-order valence-electron chi connectivity index (χ1n) is 3.65. The number of aliphatic hydroxyl groups excluding tert-OH is 1. The summed E-state index contributed by atoms with van der Waals surface area (Å²) in [4.78, 5) is 10.8. The average Bonchev–Trinajstić information content (AvgIpc) is 2.06. The molecular weight excluding hydrogens is 357 g/mol. The molecule has 0 aliphatic rings. The van der Waals surface area contributed by atoms with Crippen molar-refractivity contribution in [3.05, 3.63) is 30.3 Å². The van der Waals surface area contributed by atoms with Crippen LogP contribution >= 0.6 is 0 Å². The maximum absolute atomic E-state index is 10.8. The van der Waals surface area contributed by atoms with Crippen molar-refractivity contribution < 1.29 is 42.3 Å². The second-order valence-electron chi connectivity index (χ2n) is 2.41. The molecule has 1 N–H and O–H groups in total. The van der Waals surface area contributed by atoms with Crippen molar-refractivity contribution in [2.75, 3.05) is 0 Å². The van der Waals surface area contributed by atoms with Crippen LogP contribution in [0.4, 0.5) is 0 Å². The van der Waals surface area contributed by atoms with Crippen LogP contribution in [0.3, 0.4) is 0 Å². The maximum Gasteiger partial charge on any atom is 0.340 e. The van der Waals surface area contributed by atoms with Gasteiger partial charge < -0.3 is 9.84 Å². The van der Waals surface area contributed by atoms with Crippen LogP contribution in [0.15, 0.2) is 30.3 Å². The van der Waals surface area contributed by atoms with E-state index < -0.39 is 12.1 Å². The van der Waals surface area contributed by atoms with Gasteiger partial charge in [0, 0.05) is 27.7 Å². The van der Waals surface area contributed by atoms with Gasteiger partial charge in [0.2, 0.25) is 0 Å². The van der Waals surface area contributed by atoms with E-state index in [-0.39, 0.29) is 27.7 Å². The Bertz CT molecular complexity index is 259. The SMILES string of the molecule is CC(O)C(=O)Oc1ccccc1.[Hg]. The molecule has 1 atom stereocenters. The normalized spacial score (nSPS) is 11.2.